The van der Waals surface area contributed by atoms with Gasteiger partial charge in [-0.2, -0.15) is 5.26 Å². The van der Waals surface area contributed by atoms with E-state index in [1.807, 2.05) is 42.5 Å². The van der Waals surface area contributed by atoms with E-state index in [0.717, 1.165) is 23.4 Å². The number of nitrogens with zero attached hydrogens (tertiary/aromatic N) is 2. The zero-order valence-corrected chi connectivity index (χ0v) is 14.2. The van der Waals surface area contributed by atoms with Crippen molar-refractivity contribution in [2.24, 2.45) is 0 Å². The third kappa shape index (κ3) is 5.47. The smallest absolute Gasteiger partial charge is 0.287 e. The monoisotopic (exact) mass is 335 g/mol. The van der Waals surface area contributed by atoms with Crippen LogP contribution in [-0.2, 0) is 0 Å². The van der Waals surface area contributed by atoms with Gasteiger partial charge >= 0.3 is 0 Å². The SMILES string of the molecule is CCCCCNc1ccc(C=Cc2ccc([N+](=O)[O-])c(C#N)c2)cc1. The van der Waals surface area contributed by atoms with E-state index in [9.17, 15) is 10.1 Å². The molecule has 0 spiro atoms. The molecule has 0 atom stereocenters. The van der Waals surface area contributed by atoms with Gasteiger partial charge in [0, 0.05) is 18.3 Å². The number of unbranched alkanes of at least 4 members (excludes halogenated alkanes) is 2. The molecule has 2 aromatic carbocycles. The molecule has 0 aromatic heterocycles. The summed E-state index contributed by atoms with van der Waals surface area (Å²) in [5.74, 6) is 0. The summed E-state index contributed by atoms with van der Waals surface area (Å²) in [6.07, 6.45) is 7.37. The number of benzene rings is 2. The normalized spacial score (nSPS) is 10.6. The van der Waals surface area contributed by atoms with Gasteiger partial charge in [-0.15, -0.1) is 0 Å². The van der Waals surface area contributed by atoms with Crippen LogP contribution in [0.4, 0.5) is 11.4 Å². The van der Waals surface area contributed by atoms with Crippen molar-refractivity contribution in [3.8, 4) is 6.07 Å². The Morgan fingerprint density at radius 1 is 1.12 bits per heavy atom. The lowest BCUT2D eigenvalue weighted by Crippen LogP contribution is -2.00. The predicted molar refractivity (Wildman–Crippen MR) is 101 cm³/mol. The van der Waals surface area contributed by atoms with Gasteiger partial charge in [0.15, 0.2) is 0 Å². The van der Waals surface area contributed by atoms with E-state index in [0.29, 0.717) is 0 Å². The summed E-state index contributed by atoms with van der Waals surface area (Å²) in [5.41, 5.74) is 2.77. The summed E-state index contributed by atoms with van der Waals surface area (Å²) < 4.78 is 0. The first-order chi connectivity index (χ1) is 12.1. The van der Waals surface area contributed by atoms with Crippen molar-refractivity contribution in [3.63, 3.8) is 0 Å². The maximum absolute atomic E-state index is 10.8. The predicted octanol–water partition coefficient (Wildman–Crippen LogP) is 5.24. The molecule has 2 rings (SSSR count). The van der Waals surface area contributed by atoms with Gasteiger partial charge in [0.25, 0.3) is 5.69 Å². The van der Waals surface area contributed by atoms with Crippen molar-refractivity contribution in [1.82, 2.24) is 0 Å². The van der Waals surface area contributed by atoms with Gasteiger partial charge in [-0.3, -0.25) is 10.1 Å². The van der Waals surface area contributed by atoms with E-state index in [1.165, 1.54) is 31.4 Å². The summed E-state index contributed by atoms with van der Waals surface area (Å²) in [4.78, 5) is 10.3. The molecule has 0 bridgehead atoms. The molecule has 0 saturated heterocycles. The Labute approximate surface area is 147 Å². The molecule has 25 heavy (non-hydrogen) atoms. The van der Waals surface area contributed by atoms with Gasteiger partial charge in [0.1, 0.15) is 11.6 Å². The highest BCUT2D eigenvalue weighted by Crippen LogP contribution is 2.20. The van der Waals surface area contributed by atoms with E-state index in [2.05, 4.69) is 12.2 Å². The zero-order valence-electron chi connectivity index (χ0n) is 14.2. The van der Waals surface area contributed by atoms with Gasteiger partial charge in [0.05, 0.1) is 4.92 Å². The maximum Gasteiger partial charge on any atom is 0.287 e. The highest BCUT2D eigenvalue weighted by molar-refractivity contribution is 5.72. The van der Waals surface area contributed by atoms with Crippen molar-refractivity contribution in [3.05, 3.63) is 69.3 Å². The number of rotatable bonds is 8. The van der Waals surface area contributed by atoms with Crippen LogP contribution in [0.15, 0.2) is 42.5 Å². The second-order valence-electron chi connectivity index (χ2n) is 5.73. The standard InChI is InChI=1S/C20H21N3O2/c1-2-3-4-13-22-19-10-7-16(8-11-19)5-6-17-9-12-20(23(24)25)18(14-17)15-21/h5-12,14,22H,2-4,13H2,1H3. The average molecular weight is 335 g/mol. The van der Waals surface area contributed by atoms with Gasteiger partial charge in [-0.05, 0) is 41.8 Å². The van der Waals surface area contributed by atoms with Gasteiger partial charge in [-0.25, -0.2) is 0 Å². The molecule has 2 aromatic rings. The van der Waals surface area contributed by atoms with Crippen LogP contribution in [0.2, 0.25) is 0 Å². The number of anilines is 1. The fourth-order valence-electron chi connectivity index (χ4n) is 2.42. The minimum Gasteiger partial charge on any atom is -0.385 e. The van der Waals surface area contributed by atoms with Crippen molar-refractivity contribution in [1.29, 1.82) is 5.26 Å². The molecule has 0 aliphatic rings. The summed E-state index contributed by atoms with van der Waals surface area (Å²) in [5, 5.41) is 23.3. The van der Waals surface area contributed by atoms with Gasteiger partial charge in [-0.1, -0.05) is 44.1 Å². The van der Waals surface area contributed by atoms with Gasteiger partial charge < -0.3 is 5.32 Å². The zero-order chi connectivity index (χ0) is 18.1. The molecule has 0 heterocycles. The number of hydrogen-bond acceptors (Lipinski definition) is 4. The lowest BCUT2D eigenvalue weighted by Gasteiger charge is -2.06. The number of nitriles is 1. The fourth-order valence-corrected chi connectivity index (χ4v) is 2.42. The highest BCUT2D eigenvalue weighted by Gasteiger charge is 2.12. The van der Waals surface area contributed by atoms with Crippen molar-refractivity contribution >= 4 is 23.5 Å². The molecule has 0 aliphatic carbocycles. The average Bonchev–Trinajstić information content (AvgIpc) is 2.64. The van der Waals surface area contributed by atoms with Crippen LogP contribution in [0.3, 0.4) is 0 Å². The summed E-state index contributed by atoms with van der Waals surface area (Å²) in [7, 11) is 0. The van der Waals surface area contributed by atoms with E-state index in [1.54, 1.807) is 6.07 Å². The first-order valence-corrected chi connectivity index (χ1v) is 8.34. The molecule has 5 heteroatoms. The molecular formula is C20H21N3O2. The lowest BCUT2D eigenvalue weighted by atomic mass is 10.1. The molecule has 1 N–H and O–H groups in total. The number of nitrogens with one attached hydrogen (secondary N) is 1. The number of hydrogen-bond donors (Lipinski definition) is 1. The van der Waals surface area contributed by atoms with Crippen molar-refractivity contribution in [2.75, 3.05) is 11.9 Å². The molecule has 0 radical (unpaired) electrons. The van der Waals surface area contributed by atoms with Crippen LogP contribution in [0.1, 0.15) is 42.9 Å². The van der Waals surface area contributed by atoms with Crippen LogP contribution in [-0.4, -0.2) is 11.5 Å². The van der Waals surface area contributed by atoms with Gasteiger partial charge in [0.2, 0.25) is 0 Å². The van der Waals surface area contributed by atoms with Crippen LogP contribution >= 0.6 is 0 Å². The second kappa shape index (κ2) is 9.24. The highest BCUT2D eigenvalue weighted by atomic mass is 16.6. The Balaban J connectivity index is 2.02. The Hall–Kier alpha value is -3.13. The van der Waals surface area contributed by atoms with Crippen LogP contribution < -0.4 is 5.32 Å². The first kappa shape index (κ1) is 18.2. The maximum atomic E-state index is 10.8. The minimum atomic E-state index is -0.543. The number of nitro benzene ring substituents is 1. The molecular weight excluding hydrogens is 314 g/mol. The Morgan fingerprint density at radius 3 is 2.44 bits per heavy atom. The molecule has 5 nitrogen and oxygen atoms in total. The van der Waals surface area contributed by atoms with E-state index < -0.39 is 4.92 Å². The summed E-state index contributed by atoms with van der Waals surface area (Å²) >= 11 is 0. The van der Waals surface area contributed by atoms with E-state index >= 15 is 0 Å². The minimum absolute atomic E-state index is 0.0683. The van der Waals surface area contributed by atoms with Crippen molar-refractivity contribution < 1.29 is 4.92 Å². The molecule has 0 fully saturated rings. The van der Waals surface area contributed by atoms with E-state index in [-0.39, 0.29) is 11.3 Å². The Bertz CT molecular complexity index is 790. The van der Waals surface area contributed by atoms with Crippen LogP contribution in [0, 0.1) is 21.4 Å². The Kier molecular flexibility index (Phi) is 6.73. The molecule has 128 valence electrons. The molecule has 0 unspecified atom stereocenters. The quantitative estimate of drug-likeness (QED) is 0.310. The Morgan fingerprint density at radius 2 is 1.80 bits per heavy atom. The second-order valence-corrected chi connectivity index (χ2v) is 5.73. The molecule has 0 saturated carbocycles. The molecule has 0 amide bonds. The third-order valence-electron chi connectivity index (χ3n) is 3.83. The van der Waals surface area contributed by atoms with Crippen molar-refractivity contribution in [2.45, 2.75) is 26.2 Å². The van der Waals surface area contributed by atoms with Crippen LogP contribution in [0.25, 0.3) is 12.2 Å². The fraction of sp³-hybridized carbons (Fsp3) is 0.250. The third-order valence-corrected chi connectivity index (χ3v) is 3.83. The topological polar surface area (TPSA) is 79.0 Å². The molecule has 0 aliphatic heterocycles. The van der Waals surface area contributed by atoms with E-state index in [4.69, 9.17) is 5.26 Å². The summed E-state index contributed by atoms with van der Waals surface area (Å²) in [6, 6.07) is 14.5. The first-order valence-electron chi connectivity index (χ1n) is 8.34. The lowest BCUT2D eigenvalue weighted by molar-refractivity contribution is -0.385. The summed E-state index contributed by atoms with van der Waals surface area (Å²) in [6.45, 7) is 3.16. The number of nitro groups is 1. The largest absolute Gasteiger partial charge is 0.385 e. The van der Waals surface area contributed by atoms with Crippen LogP contribution in [0.5, 0.6) is 0 Å².